The molecular formula is C9H8ClN5O2. The van der Waals surface area contributed by atoms with Gasteiger partial charge in [0, 0.05) is 10.7 Å². The number of nitrogens with two attached hydrogens (primary N) is 1. The van der Waals surface area contributed by atoms with Crippen LogP contribution in [0.5, 0.6) is 0 Å². The van der Waals surface area contributed by atoms with Gasteiger partial charge in [-0.3, -0.25) is 0 Å². The lowest BCUT2D eigenvalue weighted by molar-refractivity contribution is 0.0677. The van der Waals surface area contributed by atoms with Crippen molar-refractivity contribution in [2.24, 2.45) is 0 Å². The van der Waals surface area contributed by atoms with Crippen LogP contribution < -0.4 is 5.73 Å². The fraction of sp³-hybridized carbons (Fsp3) is 0.111. The minimum Gasteiger partial charge on any atom is -0.475 e. The van der Waals surface area contributed by atoms with Crippen LogP contribution in [-0.2, 0) is 6.54 Å². The predicted molar refractivity (Wildman–Crippen MR) is 59.7 cm³/mol. The molecule has 7 nitrogen and oxygen atoms in total. The Morgan fingerprint density at radius 2 is 2.29 bits per heavy atom. The van der Waals surface area contributed by atoms with Crippen molar-refractivity contribution in [1.29, 1.82) is 0 Å². The fourth-order valence-corrected chi connectivity index (χ4v) is 1.52. The van der Waals surface area contributed by atoms with Gasteiger partial charge in [0.1, 0.15) is 0 Å². The molecule has 0 saturated carbocycles. The lowest BCUT2D eigenvalue weighted by atomic mass is 10.2. The molecule has 0 aliphatic rings. The summed E-state index contributed by atoms with van der Waals surface area (Å²) in [6.07, 6.45) is 0. The van der Waals surface area contributed by atoms with Gasteiger partial charge in [0.2, 0.25) is 0 Å². The number of nitrogen functional groups attached to an aromatic ring is 1. The van der Waals surface area contributed by atoms with Crippen LogP contribution in [0.25, 0.3) is 0 Å². The number of benzene rings is 1. The van der Waals surface area contributed by atoms with E-state index in [0.717, 1.165) is 4.68 Å². The van der Waals surface area contributed by atoms with E-state index < -0.39 is 5.97 Å². The largest absolute Gasteiger partial charge is 0.475 e. The number of carboxylic acid groups (broad SMARTS) is 1. The summed E-state index contributed by atoms with van der Waals surface area (Å²) in [5.41, 5.74) is 6.91. The number of aromatic carboxylic acids is 1. The molecule has 3 N–H and O–H groups in total. The summed E-state index contributed by atoms with van der Waals surface area (Å²) < 4.78 is 1.15. The summed E-state index contributed by atoms with van der Waals surface area (Å²) >= 11 is 5.76. The van der Waals surface area contributed by atoms with Crippen molar-refractivity contribution in [3.63, 3.8) is 0 Å². The Kier molecular flexibility index (Phi) is 2.92. The number of tetrazole rings is 1. The second-order valence-corrected chi connectivity index (χ2v) is 3.74. The molecule has 0 spiro atoms. The zero-order valence-electron chi connectivity index (χ0n) is 8.54. The van der Waals surface area contributed by atoms with Crippen molar-refractivity contribution in [2.45, 2.75) is 6.54 Å². The van der Waals surface area contributed by atoms with Gasteiger partial charge in [-0.15, -0.1) is 5.10 Å². The van der Waals surface area contributed by atoms with Crippen LogP contribution in [0.2, 0.25) is 5.02 Å². The minimum absolute atomic E-state index is 0.178. The van der Waals surface area contributed by atoms with E-state index in [4.69, 9.17) is 22.4 Å². The van der Waals surface area contributed by atoms with Gasteiger partial charge in [-0.05, 0) is 28.1 Å². The second-order valence-electron chi connectivity index (χ2n) is 3.31. The third kappa shape index (κ3) is 2.34. The third-order valence-corrected chi connectivity index (χ3v) is 2.39. The molecule has 0 atom stereocenters. The van der Waals surface area contributed by atoms with E-state index in [1.54, 1.807) is 18.2 Å². The Balaban J connectivity index is 2.31. The summed E-state index contributed by atoms with van der Waals surface area (Å²) in [7, 11) is 0. The van der Waals surface area contributed by atoms with Crippen LogP contribution >= 0.6 is 11.6 Å². The number of carbonyl (C=O) groups is 1. The molecule has 0 saturated heterocycles. The lowest BCUT2D eigenvalue weighted by Gasteiger charge is -2.06. The maximum Gasteiger partial charge on any atom is 0.375 e. The lowest BCUT2D eigenvalue weighted by Crippen LogP contribution is -2.13. The number of hydrogen-bond donors (Lipinski definition) is 2. The highest BCUT2D eigenvalue weighted by atomic mass is 35.5. The van der Waals surface area contributed by atoms with Crippen molar-refractivity contribution in [2.75, 3.05) is 5.73 Å². The molecule has 17 heavy (non-hydrogen) atoms. The monoisotopic (exact) mass is 253 g/mol. The molecule has 0 fully saturated rings. The van der Waals surface area contributed by atoms with E-state index in [0.29, 0.717) is 16.3 Å². The highest BCUT2D eigenvalue weighted by Gasteiger charge is 2.14. The molecule has 0 bridgehead atoms. The Hall–Kier alpha value is -2.15. The predicted octanol–water partition coefficient (Wildman–Crippen LogP) is 0.655. The van der Waals surface area contributed by atoms with Crippen molar-refractivity contribution < 1.29 is 9.90 Å². The molecule has 1 aromatic carbocycles. The van der Waals surface area contributed by atoms with Gasteiger partial charge >= 0.3 is 5.97 Å². The van der Waals surface area contributed by atoms with E-state index in [2.05, 4.69) is 15.5 Å². The zero-order valence-corrected chi connectivity index (χ0v) is 9.29. The van der Waals surface area contributed by atoms with Crippen LogP contribution in [-0.4, -0.2) is 31.3 Å². The first-order chi connectivity index (χ1) is 8.08. The van der Waals surface area contributed by atoms with E-state index in [1.165, 1.54) is 0 Å². The molecule has 0 aliphatic carbocycles. The number of aromatic nitrogens is 4. The fourth-order valence-electron chi connectivity index (χ4n) is 1.34. The standard InChI is InChI=1S/C9H8ClN5O2/c10-6-2-1-5(7(11)3-6)4-15-8(9(16)17)12-13-14-15/h1-3H,4,11H2,(H,16,17). The van der Waals surface area contributed by atoms with E-state index >= 15 is 0 Å². The van der Waals surface area contributed by atoms with Gasteiger partial charge in [0.25, 0.3) is 5.82 Å². The number of rotatable bonds is 3. The van der Waals surface area contributed by atoms with E-state index in [1.807, 2.05) is 0 Å². The Morgan fingerprint density at radius 1 is 1.53 bits per heavy atom. The number of carboxylic acids is 1. The van der Waals surface area contributed by atoms with Gasteiger partial charge in [0.05, 0.1) is 6.54 Å². The summed E-state index contributed by atoms with van der Waals surface area (Å²) in [6.45, 7) is 0.178. The molecule has 0 radical (unpaired) electrons. The molecule has 8 heteroatoms. The number of nitrogens with zero attached hydrogens (tertiary/aromatic N) is 4. The summed E-state index contributed by atoms with van der Waals surface area (Å²) in [6, 6.07) is 4.95. The van der Waals surface area contributed by atoms with Crippen molar-refractivity contribution in [3.05, 3.63) is 34.6 Å². The first-order valence-corrected chi connectivity index (χ1v) is 4.99. The zero-order chi connectivity index (χ0) is 12.4. The normalized spacial score (nSPS) is 10.4. The molecule has 1 heterocycles. The quantitative estimate of drug-likeness (QED) is 0.778. The number of hydrogen-bond acceptors (Lipinski definition) is 5. The second kappa shape index (κ2) is 4.38. The maximum atomic E-state index is 10.8. The van der Waals surface area contributed by atoms with Crippen LogP contribution in [0.1, 0.15) is 16.2 Å². The van der Waals surface area contributed by atoms with Gasteiger partial charge in [-0.2, -0.15) is 0 Å². The summed E-state index contributed by atoms with van der Waals surface area (Å²) in [4.78, 5) is 10.8. The van der Waals surface area contributed by atoms with Gasteiger partial charge in [-0.25, -0.2) is 9.48 Å². The van der Waals surface area contributed by atoms with E-state index in [-0.39, 0.29) is 12.4 Å². The molecule has 1 aromatic heterocycles. The molecule has 0 aliphatic heterocycles. The maximum absolute atomic E-state index is 10.8. The van der Waals surface area contributed by atoms with Crippen LogP contribution in [0.15, 0.2) is 18.2 Å². The number of halogens is 1. The molecule has 0 unspecified atom stereocenters. The first-order valence-electron chi connectivity index (χ1n) is 4.61. The molecule has 2 rings (SSSR count). The Labute approximate surface area is 101 Å². The van der Waals surface area contributed by atoms with Crippen molar-refractivity contribution >= 4 is 23.3 Å². The van der Waals surface area contributed by atoms with E-state index in [9.17, 15) is 4.79 Å². The Bertz CT molecular complexity index is 568. The average molecular weight is 254 g/mol. The highest BCUT2D eigenvalue weighted by Crippen LogP contribution is 2.18. The van der Waals surface area contributed by atoms with Crippen molar-refractivity contribution in [1.82, 2.24) is 20.2 Å². The molecule has 2 aromatic rings. The molecular weight excluding hydrogens is 246 g/mol. The average Bonchev–Trinajstić information content (AvgIpc) is 2.70. The van der Waals surface area contributed by atoms with Crippen LogP contribution in [0.4, 0.5) is 5.69 Å². The van der Waals surface area contributed by atoms with Gasteiger partial charge in [-0.1, -0.05) is 17.7 Å². The van der Waals surface area contributed by atoms with Crippen molar-refractivity contribution in [3.8, 4) is 0 Å². The smallest absolute Gasteiger partial charge is 0.375 e. The van der Waals surface area contributed by atoms with Gasteiger partial charge < -0.3 is 10.8 Å². The van der Waals surface area contributed by atoms with Crippen LogP contribution in [0.3, 0.4) is 0 Å². The Morgan fingerprint density at radius 3 is 2.94 bits per heavy atom. The molecule has 88 valence electrons. The summed E-state index contributed by atoms with van der Waals surface area (Å²) in [5.74, 6) is -1.43. The number of anilines is 1. The van der Waals surface area contributed by atoms with Gasteiger partial charge in [0.15, 0.2) is 0 Å². The highest BCUT2D eigenvalue weighted by molar-refractivity contribution is 6.30. The van der Waals surface area contributed by atoms with Crippen LogP contribution in [0, 0.1) is 0 Å². The SMILES string of the molecule is Nc1cc(Cl)ccc1Cn1nnnc1C(=O)O. The third-order valence-electron chi connectivity index (χ3n) is 2.15. The molecule has 0 amide bonds. The topological polar surface area (TPSA) is 107 Å². The first kappa shape index (κ1) is 11.3. The minimum atomic E-state index is -1.19. The summed E-state index contributed by atoms with van der Waals surface area (Å²) in [5, 5.41) is 19.6.